The van der Waals surface area contributed by atoms with Crippen LogP contribution >= 0.6 is 0 Å². The van der Waals surface area contributed by atoms with Gasteiger partial charge in [0.05, 0.1) is 18.1 Å². The van der Waals surface area contributed by atoms with Gasteiger partial charge in [-0.15, -0.1) is 0 Å². The van der Waals surface area contributed by atoms with Crippen molar-refractivity contribution in [3.8, 4) is 5.69 Å². The van der Waals surface area contributed by atoms with Gasteiger partial charge in [0.15, 0.2) is 0 Å². The summed E-state index contributed by atoms with van der Waals surface area (Å²) in [6.45, 7) is 4.11. The average Bonchev–Trinajstić information content (AvgIpc) is 3.04. The van der Waals surface area contributed by atoms with Crippen LogP contribution in [0.25, 0.3) is 5.69 Å². The highest BCUT2D eigenvalue weighted by atomic mass is 32.2. The predicted octanol–water partition coefficient (Wildman–Crippen LogP) is 1.67. The Labute approximate surface area is 131 Å². The zero-order valence-electron chi connectivity index (χ0n) is 12.9. The second-order valence-corrected chi connectivity index (χ2v) is 7.12. The minimum absolute atomic E-state index is 0.130. The van der Waals surface area contributed by atoms with Crippen LogP contribution < -0.4 is 10.5 Å². The highest BCUT2D eigenvalue weighted by Gasteiger charge is 2.24. The van der Waals surface area contributed by atoms with E-state index in [2.05, 4.69) is 9.82 Å². The molecule has 0 aliphatic rings. The lowest BCUT2D eigenvalue weighted by Crippen LogP contribution is -2.49. The second-order valence-electron chi connectivity index (χ2n) is 5.35. The third-order valence-electron chi connectivity index (χ3n) is 3.91. The summed E-state index contributed by atoms with van der Waals surface area (Å²) in [6, 6.07) is 9.35. The zero-order valence-corrected chi connectivity index (χ0v) is 13.7. The molecular weight excluding hydrogens is 300 g/mol. The minimum atomic E-state index is -3.61. The van der Waals surface area contributed by atoms with Crippen LogP contribution in [0, 0.1) is 0 Å². The minimum Gasteiger partial charge on any atom is -0.324 e. The van der Waals surface area contributed by atoms with Gasteiger partial charge < -0.3 is 5.73 Å². The first-order chi connectivity index (χ1) is 10.4. The van der Waals surface area contributed by atoms with E-state index in [0.29, 0.717) is 12.8 Å². The van der Waals surface area contributed by atoms with Gasteiger partial charge in [0, 0.05) is 12.1 Å². The number of nitrogens with two attached hydrogens (primary N) is 1. The molecule has 0 spiro atoms. The number of nitrogens with zero attached hydrogens (tertiary/aromatic N) is 2. The molecule has 0 fully saturated rings. The Bertz CT molecular complexity index is 706. The lowest BCUT2D eigenvalue weighted by atomic mass is 9.95. The summed E-state index contributed by atoms with van der Waals surface area (Å²) >= 11 is 0. The monoisotopic (exact) mass is 322 g/mol. The van der Waals surface area contributed by atoms with Crippen LogP contribution in [0.2, 0.25) is 0 Å². The van der Waals surface area contributed by atoms with E-state index in [4.69, 9.17) is 5.73 Å². The fourth-order valence-corrected chi connectivity index (χ4v) is 3.06. The summed E-state index contributed by atoms with van der Waals surface area (Å²) in [5, 5.41) is 4.10. The molecule has 0 unspecified atom stereocenters. The van der Waals surface area contributed by atoms with Crippen molar-refractivity contribution in [1.82, 2.24) is 14.5 Å². The van der Waals surface area contributed by atoms with E-state index in [1.165, 1.54) is 17.1 Å². The van der Waals surface area contributed by atoms with E-state index in [1.54, 1.807) is 0 Å². The Balaban J connectivity index is 2.16. The van der Waals surface area contributed by atoms with Gasteiger partial charge in [-0.05, 0) is 25.0 Å². The van der Waals surface area contributed by atoms with E-state index in [0.717, 1.165) is 5.69 Å². The van der Waals surface area contributed by atoms with Gasteiger partial charge in [0.25, 0.3) is 0 Å². The molecule has 0 bridgehead atoms. The molecular formula is C15H22N4O2S. The van der Waals surface area contributed by atoms with Gasteiger partial charge in [-0.2, -0.15) is 5.10 Å². The summed E-state index contributed by atoms with van der Waals surface area (Å²) in [6.07, 6.45) is 4.24. The molecule has 1 aromatic carbocycles. The van der Waals surface area contributed by atoms with E-state index in [9.17, 15) is 8.42 Å². The van der Waals surface area contributed by atoms with Crippen molar-refractivity contribution in [2.45, 2.75) is 37.1 Å². The molecule has 2 rings (SSSR count). The van der Waals surface area contributed by atoms with Gasteiger partial charge in [-0.25, -0.2) is 17.8 Å². The summed E-state index contributed by atoms with van der Waals surface area (Å²) in [7, 11) is -3.61. The Kier molecular flexibility index (Phi) is 5.00. The molecule has 0 radical (unpaired) electrons. The maximum atomic E-state index is 12.3. The largest absolute Gasteiger partial charge is 0.324 e. The molecule has 1 heterocycles. The molecule has 0 amide bonds. The van der Waals surface area contributed by atoms with Crippen molar-refractivity contribution in [2.24, 2.45) is 5.73 Å². The highest BCUT2D eigenvalue weighted by Crippen LogP contribution is 2.14. The van der Waals surface area contributed by atoms with E-state index >= 15 is 0 Å². The highest BCUT2D eigenvalue weighted by molar-refractivity contribution is 7.89. The molecule has 7 heteroatoms. The molecule has 1 aromatic heterocycles. The van der Waals surface area contributed by atoms with Crippen LogP contribution in [0.5, 0.6) is 0 Å². The summed E-state index contributed by atoms with van der Waals surface area (Å²) < 4.78 is 28.8. The maximum absolute atomic E-state index is 12.3. The third kappa shape index (κ3) is 3.73. The van der Waals surface area contributed by atoms with Crippen LogP contribution in [0.3, 0.4) is 0 Å². The molecule has 0 aliphatic carbocycles. The van der Waals surface area contributed by atoms with Crippen molar-refractivity contribution in [3.63, 3.8) is 0 Å². The molecule has 0 saturated carbocycles. The number of sulfonamides is 1. The van der Waals surface area contributed by atoms with Crippen LogP contribution in [0.1, 0.15) is 26.7 Å². The quantitative estimate of drug-likeness (QED) is 0.811. The lowest BCUT2D eigenvalue weighted by Gasteiger charge is -2.26. The molecule has 120 valence electrons. The summed E-state index contributed by atoms with van der Waals surface area (Å²) in [4.78, 5) is 0.130. The fraction of sp³-hybridized carbons (Fsp3) is 0.400. The predicted molar refractivity (Wildman–Crippen MR) is 86.3 cm³/mol. The van der Waals surface area contributed by atoms with Crippen LogP contribution in [-0.2, 0) is 10.0 Å². The number of hydrogen-bond acceptors (Lipinski definition) is 4. The van der Waals surface area contributed by atoms with Crippen molar-refractivity contribution in [1.29, 1.82) is 0 Å². The van der Waals surface area contributed by atoms with Gasteiger partial charge in [0.1, 0.15) is 4.90 Å². The summed E-state index contributed by atoms with van der Waals surface area (Å²) in [5.74, 6) is 0. The van der Waals surface area contributed by atoms with Gasteiger partial charge in [-0.1, -0.05) is 32.0 Å². The number of benzene rings is 1. The van der Waals surface area contributed by atoms with Crippen molar-refractivity contribution >= 4 is 10.0 Å². The number of rotatable bonds is 7. The first kappa shape index (κ1) is 16.7. The molecule has 0 atom stereocenters. The molecule has 22 heavy (non-hydrogen) atoms. The number of aromatic nitrogens is 2. The van der Waals surface area contributed by atoms with Crippen molar-refractivity contribution in [2.75, 3.05) is 6.54 Å². The first-order valence-electron chi connectivity index (χ1n) is 7.29. The normalized spacial score (nSPS) is 12.5. The lowest BCUT2D eigenvalue weighted by molar-refractivity contribution is 0.392. The van der Waals surface area contributed by atoms with Crippen LogP contribution in [0.4, 0.5) is 0 Å². The number of hydrogen-bond donors (Lipinski definition) is 2. The third-order valence-corrected chi connectivity index (χ3v) is 5.27. The molecule has 3 N–H and O–H groups in total. The van der Waals surface area contributed by atoms with E-state index in [-0.39, 0.29) is 11.4 Å². The average molecular weight is 322 g/mol. The summed E-state index contributed by atoms with van der Waals surface area (Å²) in [5.41, 5.74) is 6.41. The molecule has 0 aliphatic heterocycles. The molecule has 6 nitrogen and oxygen atoms in total. The van der Waals surface area contributed by atoms with Gasteiger partial charge in [0.2, 0.25) is 10.0 Å². The molecule has 2 aromatic rings. The second kappa shape index (κ2) is 6.60. The van der Waals surface area contributed by atoms with Crippen LogP contribution in [0.15, 0.2) is 47.6 Å². The molecule has 0 saturated heterocycles. The Hall–Kier alpha value is -1.70. The van der Waals surface area contributed by atoms with Crippen molar-refractivity contribution < 1.29 is 8.42 Å². The Morgan fingerprint density at radius 2 is 1.86 bits per heavy atom. The Morgan fingerprint density at radius 1 is 1.23 bits per heavy atom. The maximum Gasteiger partial charge on any atom is 0.243 e. The number of para-hydroxylation sites is 1. The smallest absolute Gasteiger partial charge is 0.243 e. The topological polar surface area (TPSA) is 90.0 Å². The SMILES string of the molecule is CCC(N)(CC)CNS(=O)(=O)c1cnn(-c2ccccc2)c1. The van der Waals surface area contributed by atoms with E-state index < -0.39 is 15.6 Å². The van der Waals surface area contributed by atoms with E-state index in [1.807, 2.05) is 44.2 Å². The standard InChI is InChI=1S/C15H22N4O2S/c1-3-15(16,4-2)12-18-22(20,21)14-10-17-19(11-14)13-8-6-5-7-9-13/h5-11,18H,3-4,12,16H2,1-2H3. The van der Waals surface area contributed by atoms with Gasteiger partial charge in [-0.3, -0.25) is 0 Å². The fourth-order valence-electron chi connectivity index (χ4n) is 1.99. The van der Waals surface area contributed by atoms with Gasteiger partial charge >= 0.3 is 0 Å². The zero-order chi connectivity index (χ0) is 16.2. The van der Waals surface area contributed by atoms with Crippen molar-refractivity contribution in [3.05, 3.63) is 42.7 Å². The Morgan fingerprint density at radius 3 is 2.45 bits per heavy atom. The first-order valence-corrected chi connectivity index (χ1v) is 8.77. The number of nitrogens with one attached hydrogen (secondary N) is 1. The van der Waals surface area contributed by atoms with Crippen LogP contribution in [-0.4, -0.2) is 30.3 Å².